The first kappa shape index (κ1) is 25.5. The van der Waals surface area contributed by atoms with Gasteiger partial charge in [0.15, 0.2) is 11.6 Å². The largest absolute Gasteiger partial charge is 0.494 e. The highest BCUT2D eigenvalue weighted by Crippen LogP contribution is 2.20. The number of methoxy groups -OCH3 is 1. The smallest absolute Gasteiger partial charge is 0.315 e. The Kier molecular flexibility index (Phi) is 9.27. The van der Waals surface area contributed by atoms with Gasteiger partial charge in [0.1, 0.15) is 0 Å². The predicted octanol–water partition coefficient (Wildman–Crippen LogP) is 3.78. The van der Waals surface area contributed by atoms with Crippen LogP contribution in [-0.4, -0.2) is 61.1 Å². The van der Waals surface area contributed by atoms with Crippen molar-refractivity contribution in [3.05, 3.63) is 65.0 Å². The molecule has 184 valence electrons. The summed E-state index contributed by atoms with van der Waals surface area (Å²) in [5.74, 6) is -0.0780. The summed E-state index contributed by atoms with van der Waals surface area (Å²) in [5.41, 5.74) is 2.50. The molecule has 3 amide bonds. The van der Waals surface area contributed by atoms with E-state index in [1.165, 1.54) is 13.2 Å². The van der Waals surface area contributed by atoms with E-state index in [9.17, 15) is 14.0 Å². The van der Waals surface area contributed by atoms with Crippen molar-refractivity contribution < 1.29 is 18.7 Å². The van der Waals surface area contributed by atoms with Crippen LogP contribution < -0.4 is 15.4 Å². The number of nitrogens with zero attached hydrogens (tertiary/aromatic N) is 2. The molecule has 1 aliphatic rings. The number of nitrogens with one attached hydrogen (secondary N) is 2. The topological polar surface area (TPSA) is 73.9 Å². The molecule has 1 aliphatic heterocycles. The van der Waals surface area contributed by atoms with E-state index in [2.05, 4.69) is 15.5 Å². The zero-order valence-electron chi connectivity index (χ0n) is 20.3. The summed E-state index contributed by atoms with van der Waals surface area (Å²) < 4.78 is 18.9. The molecule has 7 nitrogen and oxygen atoms in total. The summed E-state index contributed by atoms with van der Waals surface area (Å²) in [4.78, 5) is 28.8. The zero-order valence-corrected chi connectivity index (χ0v) is 20.3. The van der Waals surface area contributed by atoms with Crippen LogP contribution in [0.25, 0.3) is 0 Å². The molecule has 0 saturated carbocycles. The van der Waals surface area contributed by atoms with Crippen molar-refractivity contribution >= 4 is 11.9 Å². The molecule has 2 aromatic carbocycles. The Labute approximate surface area is 201 Å². The van der Waals surface area contributed by atoms with Gasteiger partial charge < -0.3 is 20.3 Å². The number of ether oxygens (including phenoxy) is 1. The van der Waals surface area contributed by atoms with E-state index in [1.54, 1.807) is 23.1 Å². The third-order valence-corrected chi connectivity index (χ3v) is 6.25. The van der Waals surface area contributed by atoms with Crippen LogP contribution in [0, 0.1) is 5.82 Å². The van der Waals surface area contributed by atoms with Gasteiger partial charge in [-0.1, -0.05) is 18.2 Å². The Morgan fingerprint density at radius 1 is 1.06 bits per heavy atom. The Morgan fingerprint density at radius 3 is 2.29 bits per heavy atom. The average molecular weight is 471 g/mol. The van der Waals surface area contributed by atoms with E-state index >= 15 is 0 Å². The van der Waals surface area contributed by atoms with Gasteiger partial charge in [0.2, 0.25) is 0 Å². The minimum absolute atomic E-state index is 0.0192. The average Bonchev–Trinajstić information content (AvgIpc) is 2.85. The predicted molar refractivity (Wildman–Crippen MR) is 130 cm³/mol. The zero-order chi connectivity index (χ0) is 24.5. The maximum atomic E-state index is 13.9. The van der Waals surface area contributed by atoms with Crippen molar-refractivity contribution in [2.45, 2.75) is 45.8 Å². The summed E-state index contributed by atoms with van der Waals surface area (Å²) in [6.07, 6.45) is 1.68. The fourth-order valence-electron chi connectivity index (χ4n) is 4.18. The van der Waals surface area contributed by atoms with Gasteiger partial charge in [-0.05, 0) is 62.1 Å². The monoisotopic (exact) mass is 470 g/mol. The second kappa shape index (κ2) is 12.4. The molecular formula is C26H35FN4O3. The minimum atomic E-state index is -0.349. The lowest BCUT2D eigenvalue weighted by Gasteiger charge is -2.32. The van der Waals surface area contributed by atoms with Gasteiger partial charge in [0.05, 0.1) is 7.11 Å². The summed E-state index contributed by atoms with van der Waals surface area (Å²) in [6, 6.07) is 12.3. The lowest BCUT2D eigenvalue weighted by atomic mass is 10.0. The molecule has 0 spiro atoms. The van der Waals surface area contributed by atoms with Gasteiger partial charge in [-0.3, -0.25) is 9.69 Å². The minimum Gasteiger partial charge on any atom is -0.494 e. The number of benzene rings is 2. The Bertz CT molecular complexity index is 955. The van der Waals surface area contributed by atoms with E-state index in [4.69, 9.17) is 4.74 Å². The first-order valence-electron chi connectivity index (χ1n) is 11.9. The van der Waals surface area contributed by atoms with Crippen molar-refractivity contribution in [2.24, 2.45) is 0 Å². The SMILES string of the molecule is CCN(CC)C(=O)c1ccc(CNC(=O)NC2CCN(Cc3ccc(OC)c(F)c3)CC2)cc1. The van der Waals surface area contributed by atoms with Crippen LogP contribution in [0.4, 0.5) is 9.18 Å². The molecule has 1 fully saturated rings. The van der Waals surface area contributed by atoms with E-state index in [1.807, 2.05) is 32.0 Å². The van der Waals surface area contributed by atoms with Gasteiger partial charge in [-0.25, -0.2) is 9.18 Å². The Hall–Kier alpha value is -3.13. The maximum Gasteiger partial charge on any atom is 0.315 e. The number of carbonyl (C=O) groups excluding carboxylic acids is 2. The highest BCUT2D eigenvalue weighted by atomic mass is 19.1. The summed E-state index contributed by atoms with van der Waals surface area (Å²) in [5, 5.41) is 5.94. The van der Waals surface area contributed by atoms with Crippen molar-refractivity contribution in [3.63, 3.8) is 0 Å². The number of piperidine rings is 1. The number of halogens is 1. The molecule has 0 bridgehead atoms. The molecule has 1 heterocycles. The normalized spacial score (nSPS) is 14.5. The van der Waals surface area contributed by atoms with Crippen molar-refractivity contribution in [1.82, 2.24) is 20.4 Å². The lowest BCUT2D eigenvalue weighted by Crippen LogP contribution is -2.47. The molecule has 1 saturated heterocycles. The van der Waals surface area contributed by atoms with Crippen LogP contribution in [-0.2, 0) is 13.1 Å². The van der Waals surface area contributed by atoms with E-state index in [-0.39, 0.29) is 29.5 Å². The summed E-state index contributed by atoms with van der Waals surface area (Å²) in [7, 11) is 1.46. The number of carbonyl (C=O) groups is 2. The fraction of sp³-hybridized carbons (Fsp3) is 0.462. The van der Waals surface area contributed by atoms with Crippen LogP contribution in [0.5, 0.6) is 5.75 Å². The molecule has 2 N–H and O–H groups in total. The molecular weight excluding hydrogens is 435 g/mol. The molecule has 3 rings (SSSR count). The number of rotatable bonds is 9. The lowest BCUT2D eigenvalue weighted by molar-refractivity contribution is 0.0773. The van der Waals surface area contributed by atoms with Gasteiger partial charge >= 0.3 is 6.03 Å². The van der Waals surface area contributed by atoms with Crippen molar-refractivity contribution in [3.8, 4) is 5.75 Å². The van der Waals surface area contributed by atoms with Crippen molar-refractivity contribution in [2.75, 3.05) is 33.3 Å². The third-order valence-electron chi connectivity index (χ3n) is 6.25. The first-order chi connectivity index (χ1) is 16.4. The van der Waals surface area contributed by atoms with Gasteiger partial charge in [-0.2, -0.15) is 0 Å². The van der Waals surface area contributed by atoms with Gasteiger partial charge in [0.25, 0.3) is 5.91 Å². The number of hydrogen-bond donors (Lipinski definition) is 2. The van der Waals surface area contributed by atoms with Gasteiger partial charge in [0, 0.05) is 50.9 Å². The molecule has 0 atom stereocenters. The molecule has 0 aliphatic carbocycles. The summed E-state index contributed by atoms with van der Waals surface area (Å²) in [6.45, 7) is 8.02. The fourth-order valence-corrected chi connectivity index (χ4v) is 4.18. The number of urea groups is 1. The molecule has 0 unspecified atom stereocenters. The summed E-state index contributed by atoms with van der Waals surface area (Å²) >= 11 is 0. The molecule has 2 aromatic rings. The second-order valence-electron chi connectivity index (χ2n) is 8.52. The molecule has 34 heavy (non-hydrogen) atoms. The Morgan fingerprint density at radius 2 is 1.71 bits per heavy atom. The Balaban J connectivity index is 1.39. The highest BCUT2D eigenvalue weighted by Gasteiger charge is 2.21. The van der Waals surface area contributed by atoms with Crippen LogP contribution in [0.2, 0.25) is 0 Å². The highest BCUT2D eigenvalue weighted by molar-refractivity contribution is 5.94. The molecule has 8 heteroatoms. The third kappa shape index (κ3) is 6.93. The number of amides is 3. The van der Waals surface area contributed by atoms with Gasteiger partial charge in [-0.15, -0.1) is 0 Å². The van der Waals surface area contributed by atoms with Crippen LogP contribution >= 0.6 is 0 Å². The van der Waals surface area contributed by atoms with Crippen LogP contribution in [0.3, 0.4) is 0 Å². The molecule has 0 radical (unpaired) electrons. The molecule has 0 aromatic heterocycles. The first-order valence-corrected chi connectivity index (χ1v) is 11.9. The quantitative estimate of drug-likeness (QED) is 0.585. The standard InChI is InChI=1S/C26H35FN4O3/c1-4-31(5-2)25(32)21-9-6-19(7-10-21)17-28-26(33)29-22-12-14-30(15-13-22)18-20-8-11-24(34-3)23(27)16-20/h6-11,16,22H,4-5,12-15,17-18H2,1-3H3,(H2,28,29,33). The number of hydrogen-bond acceptors (Lipinski definition) is 4. The maximum absolute atomic E-state index is 13.9. The van der Waals surface area contributed by atoms with E-state index in [0.29, 0.717) is 31.7 Å². The van der Waals surface area contributed by atoms with E-state index in [0.717, 1.165) is 37.1 Å². The van der Waals surface area contributed by atoms with Crippen LogP contribution in [0.15, 0.2) is 42.5 Å². The number of likely N-dealkylation sites (tertiary alicyclic amines) is 1. The van der Waals surface area contributed by atoms with Crippen LogP contribution in [0.1, 0.15) is 48.2 Å². The van der Waals surface area contributed by atoms with Crippen molar-refractivity contribution in [1.29, 1.82) is 0 Å². The van der Waals surface area contributed by atoms with E-state index < -0.39 is 0 Å². The second-order valence-corrected chi connectivity index (χ2v) is 8.52.